The van der Waals surface area contributed by atoms with Gasteiger partial charge in [-0.05, 0) is 36.5 Å². The van der Waals surface area contributed by atoms with Gasteiger partial charge in [-0.1, -0.05) is 18.2 Å². The number of rotatable bonds is 0. The number of hydrogen-bond acceptors (Lipinski definition) is 0. The van der Waals surface area contributed by atoms with Crippen LogP contribution in [0.4, 0.5) is 0 Å². The molecule has 1 aliphatic rings. The van der Waals surface area contributed by atoms with E-state index in [-0.39, 0.29) is 0 Å². The molecule has 0 bridgehead atoms. The molecule has 0 saturated carbocycles. The molecule has 0 spiro atoms. The summed E-state index contributed by atoms with van der Waals surface area (Å²) in [5, 5.41) is 0. The molecule has 1 aromatic carbocycles. The maximum Gasteiger partial charge on any atom is -0.00837 e. The molecule has 9 heavy (non-hydrogen) atoms. The minimum atomic E-state index is 1.09. The van der Waals surface area contributed by atoms with Gasteiger partial charge >= 0.3 is 0 Å². The highest BCUT2D eigenvalue weighted by atomic mass is 14.1. The minimum absolute atomic E-state index is 1.09. The van der Waals surface area contributed by atoms with Gasteiger partial charge in [0, 0.05) is 0 Å². The first-order chi connectivity index (χ1) is 4.47. The zero-order valence-electron chi connectivity index (χ0n) is 5.09. The summed E-state index contributed by atoms with van der Waals surface area (Å²) < 4.78 is 0. The number of benzene rings is 1. The standard InChI is InChI=1S/C9H7/c1-2-5-9-7-3-6-8(9)4-1/h1,4-7H,3H2. The second-order valence-corrected chi connectivity index (χ2v) is 2.20. The van der Waals surface area contributed by atoms with Gasteiger partial charge in [0.15, 0.2) is 0 Å². The summed E-state index contributed by atoms with van der Waals surface area (Å²) in [5.41, 5.74) is 2.69. The van der Waals surface area contributed by atoms with E-state index in [2.05, 4.69) is 25.0 Å². The second kappa shape index (κ2) is 1.87. The number of hydrogen-bond donors (Lipinski definition) is 0. The Hall–Kier alpha value is -0.780. The molecule has 0 saturated heterocycles. The Labute approximate surface area is 55.5 Å². The van der Waals surface area contributed by atoms with Crippen molar-refractivity contribution in [2.24, 2.45) is 0 Å². The van der Waals surface area contributed by atoms with Gasteiger partial charge in [-0.15, -0.1) is 0 Å². The Kier molecular flexibility index (Phi) is 1.05. The highest BCUT2D eigenvalue weighted by Crippen LogP contribution is 2.23. The minimum Gasteiger partial charge on any atom is -0.0578 e. The van der Waals surface area contributed by atoms with Crippen molar-refractivity contribution in [1.29, 1.82) is 0 Å². The Morgan fingerprint density at radius 1 is 1.22 bits per heavy atom. The fourth-order valence-electron chi connectivity index (χ4n) is 1.13. The van der Waals surface area contributed by atoms with Crippen molar-refractivity contribution in [1.82, 2.24) is 0 Å². The van der Waals surface area contributed by atoms with Gasteiger partial charge < -0.3 is 0 Å². The van der Waals surface area contributed by atoms with Crippen molar-refractivity contribution >= 4 is 0 Å². The van der Waals surface area contributed by atoms with E-state index in [4.69, 9.17) is 0 Å². The smallest absolute Gasteiger partial charge is 0.00837 e. The summed E-state index contributed by atoms with van der Waals surface area (Å²) in [7, 11) is 0. The third-order valence-electron chi connectivity index (χ3n) is 1.61. The van der Waals surface area contributed by atoms with Crippen molar-refractivity contribution in [2.75, 3.05) is 0 Å². The molecule has 0 amide bonds. The van der Waals surface area contributed by atoms with Crippen molar-refractivity contribution < 1.29 is 0 Å². The highest BCUT2D eigenvalue weighted by molar-refractivity contribution is 5.43. The molecule has 0 atom stereocenters. The second-order valence-electron chi connectivity index (χ2n) is 2.20. The molecular formula is C9H7. The Morgan fingerprint density at radius 2 is 2.11 bits per heavy atom. The Bertz CT molecular complexity index is 190. The van der Waals surface area contributed by atoms with E-state index in [1.807, 2.05) is 12.1 Å². The van der Waals surface area contributed by atoms with Gasteiger partial charge in [-0.25, -0.2) is 0 Å². The lowest BCUT2D eigenvalue weighted by Crippen LogP contribution is -1.75. The first kappa shape index (κ1) is 5.04. The van der Waals surface area contributed by atoms with Crippen LogP contribution in [0.1, 0.15) is 17.5 Å². The van der Waals surface area contributed by atoms with Gasteiger partial charge in [0.05, 0.1) is 0 Å². The van der Waals surface area contributed by atoms with E-state index in [9.17, 15) is 0 Å². The highest BCUT2D eigenvalue weighted by Gasteiger charge is 2.08. The first-order valence-corrected chi connectivity index (χ1v) is 3.13. The normalized spacial score (nSPS) is 15.6. The lowest BCUT2D eigenvalue weighted by Gasteiger charge is -1.92. The Balaban J connectivity index is 2.54. The van der Waals surface area contributed by atoms with Crippen LogP contribution in [-0.2, 0) is 0 Å². The molecule has 3 radical (unpaired) electrons. The van der Waals surface area contributed by atoms with Gasteiger partial charge in [0.25, 0.3) is 0 Å². The molecule has 0 heterocycles. The zero-order chi connectivity index (χ0) is 6.10. The van der Waals surface area contributed by atoms with Crippen LogP contribution < -0.4 is 0 Å². The molecule has 0 unspecified atom stereocenters. The van der Waals surface area contributed by atoms with Crippen LogP contribution in [0.5, 0.6) is 0 Å². The molecule has 43 valence electrons. The number of fused-ring (bicyclic) bond motifs is 1. The predicted octanol–water partition coefficient (Wildman–Crippen LogP) is 2.00. The topological polar surface area (TPSA) is 0 Å². The fraction of sp³-hybridized carbons (Fsp3) is 0.111. The molecule has 1 aliphatic carbocycles. The summed E-state index contributed by atoms with van der Waals surface area (Å²) in [6.45, 7) is 0. The van der Waals surface area contributed by atoms with Crippen LogP contribution in [0, 0.1) is 18.9 Å². The SMILES string of the molecule is [c]1ccc2c(c1)[CH]C[CH]2. The fourth-order valence-corrected chi connectivity index (χ4v) is 1.13. The summed E-state index contributed by atoms with van der Waals surface area (Å²) in [5.74, 6) is 0. The maximum atomic E-state index is 3.04. The average molecular weight is 115 g/mol. The van der Waals surface area contributed by atoms with Gasteiger partial charge in [-0.3, -0.25) is 0 Å². The molecule has 0 fully saturated rings. The summed E-state index contributed by atoms with van der Waals surface area (Å²) in [4.78, 5) is 0. The van der Waals surface area contributed by atoms with Gasteiger partial charge in [0.2, 0.25) is 0 Å². The Morgan fingerprint density at radius 3 is 3.00 bits per heavy atom. The quantitative estimate of drug-likeness (QED) is 0.485. The predicted molar refractivity (Wildman–Crippen MR) is 36.7 cm³/mol. The largest absolute Gasteiger partial charge is 0.0578 e. The van der Waals surface area contributed by atoms with Crippen molar-refractivity contribution in [3.8, 4) is 0 Å². The molecule has 0 N–H and O–H groups in total. The van der Waals surface area contributed by atoms with E-state index in [1.54, 1.807) is 0 Å². The summed E-state index contributed by atoms with van der Waals surface area (Å²) in [6.07, 6.45) is 5.53. The lowest BCUT2D eigenvalue weighted by molar-refractivity contribution is 1.26. The third kappa shape index (κ3) is 0.748. The lowest BCUT2D eigenvalue weighted by atomic mass is 10.1. The maximum absolute atomic E-state index is 3.04. The van der Waals surface area contributed by atoms with E-state index in [0.29, 0.717) is 0 Å². The van der Waals surface area contributed by atoms with E-state index in [0.717, 1.165) is 6.42 Å². The van der Waals surface area contributed by atoms with Crippen LogP contribution in [0.25, 0.3) is 0 Å². The van der Waals surface area contributed by atoms with Crippen LogP contribution in [0.3, 0.4) is 0 Å². The van der Waals surface area contributed by atoms with Crippen molar-refractivity contribution in [3.05, 3.63) is 48.2 Å². The molecular weight excluding hydrogens is 108 g/mol. The first-order valence-electron chi connectivity index (χ1n) is 3.13. The van der Waals surface area contributed by atoms with Gasteiger partial charge in [-0.2, -0.15) is 0 Å². The van der Waals surface area contributed by atoms with Crippen LogP contribution in [0.15, 0.2) is 18.2 Å². The van der Waals surface area contributed by atoms with E-state index in [1.165, 1.54) is 11.1 Å². The molecule has 0 heteroatoms. The monoisotopic (exact) mass is 115 g/mol. The van der Waals surface area contributed by atoms with Gasteiger partial charge in [0.1, 0.15) is 0 Å². The molecule has 0 aliphatic heterocycles. The van der Waals surface area contributed by atoms with Crippen LogP contribution >= 0.6 is 0 Å². The molecule has 1 aromatic rings. The molecule has 0 aromatic heterocycles. The summed E-state index contributed by atoms with van der Waals surface area (Å²) >= 11 is 0. The van der Waals surface area contributed by atoms with E-state index >= 15 is 0 Å². The van der Waals surface area contributed by atoms with Crippen LogP contribution in [0.2, 0.25) is 0 Å². The zero-order valence-corrected chi connectivity index (χ0v) is 5.09. The molecule has 2 rings (SSSR count). The molecule has 0 nitrogen and oxygen atoms in total. The summed E-state index contributed by atoms with van der Waals surface area (Å²) in [6, 6.07) is 9.12. The van der Waals surface area contributed by atoms with Crippen molar-refractivity contribution in [2.45, 2.75) is 6.42 Å². The average Bonchev–Trinajstić information content (AvgIpc) is 2.33. The third-order valence-corrected chi connectivity index (χ3v) is 1.61. The van der Waals surface area contributed by atoms with Crippen LogP contribution in [-0.4, -0.2) is 0 Å². The van der Waals surface area contributed by atoms with E-state index < -0.39 is 0 Å². The van der Waals surface area contributed by atoms with Crippen molar-refractivity contribution in [3.63, 3.8) is 0 Å².